The van der Waals surface area contributed by atoms with Gasteiger partial charge in [0.15, 0.2) is 0 Å². The van der Waals surface area contributed by atoms with E-state index in [0.717, 1.165) is 22.9 Å². The Labute approximate surface area is 167 Å². The SMILES string of the molecule is C[NH+](C)Cc1cccc2ccc(O)c(N=Nc3ccc(N)c([N+](=O)[O-])c3)c12.[Cl-]. The van der Waals surface area contributed by atoms with Gasteiger partial charge in [-0.3, -0.25) is 10.1 Å². The van der Waals surface area contributed by atoms with E-state index < -0.39 is 4.92 Å². The van der Waals surface area contributed by atoms with E-state index >= 15 is 0 Å². The average Bonchev–Trinajstić information content (AvgIpc) is 2.61. The minimum absolute atomic E-state index is 0. The van der Waals surface area contributed by atoms with Gasteiger partial charge in [0.1, 0.15) is 23.7 Å². The van der Waals surface area contributed by atoms with Crippen LogP contribution < -0.4 is 23.0 Å². The molecule has 0 fully saturated rings. The van der Waals surface area contributed by atoms with Crippen LogP contribution in [0.2, 0.25) is 0 Å². The number of phenols is 1. The van der Waals surface area contributed by atoms with Crippen LogP contribution in [0.4, 0.5) is 22.7 Å². The molecule has 0 aliphatic heterocycles. The molecule has 0 aromatic heterocycles. The van der Waals surface area contributed by atoms with E-state index in [1.807, 2.05) is 38.4 Å². The molecule has 8 nitrogen and oxygen atoms in total. The summed E-state index contributed by atoms with van der Waals surface area (Å²) in [7, 11) is 4.08. The highest BCUT2D eigenvalue weighted by Gasteiger charge is 2.14. The second kappa shape index (κ2) is 8.64. The van der Waals surface area contributed by atoms with E-state index in [1.165, 1.54) is 17.0 Å². The van der Waals surface area contributed by atoms with Crippen molar-refractivity contribution in [3.8, 4) is 5.75 Å². The first kappa shape index (κ1) is 21.1. The fourth-order valence-corrected chi connectivity index (χ4v) is 2.91. The predicted octanol–water partition coefficient (Wildman–Crippen LogP) is 0.0997. The van der Waals surface area contributed by atoms with Gasteiger partial charge in [-0.1, -0.05) is 24.3 Å². The maximum Gasteiger partial charge on any atom is 0.294 e. The molecule has 0 heterocycles. The number of rotatable bonds is 5. The summed E-state index contributed by atoms with van der Waals surface area (Å²) in [5.74, 6) is -0.00241. The molecule has 0 saturated carbocycles. The zero-order valence-corrected chi connectivity index (χ0v) is 16.1. The standard InChI is InChI=1S/C19H19N5O3.ClH/c1-23(2)11-13-5-3-4-12-6-9-17(25)19(18(12)13)22-21-14-7-8-15(20)16(10-14)24(26)27;/h3-10,25H,11,20H2,1-2H3;1H. The number of nitrogen functional groups attached to an aromatic ring is 1. The molecule has 3 rings (SSSR count). The number of azo groups is 1. The molecule has 0 aliphatic rings. The molecule has 3 aromatic rings. The van der Waals surface area contributed by atoms with Crippen LogP contribution in [-0.2, 0) is 6.54 Å². The Bertz CT molecular complexity index is 1050. The van der Waals surface area contributed by atoms with Crippen molar-refractivity contribution in [1.82, 2.24) is 0 Å². The molecule has 146 valence electrons. The van der Waals surface area contributed by atoms with Crippen molar-refractivity contribution < 1.29 is 27.3 Å². The summed E-state index contributed by atoms with van der Waals surface area (Å²) in [6.45, 7) is 0.747. The number of nitrogens with two attached hydrogens (primary N) is 1. The number of hydrogen-bond donors (Lipinski definition) is 3. The van der Waals surface area contributed by atoms with Crippen molar-refractivity contribution in [1.29, 1.82) is 0 Å². The highest BCUT2D eigenvalue weighted by atomic mass is 35.5. The van der Waals surface area contributed by atoms with Crippen LogP contribution in [0.25, 0.3) is 10.8 Å². The predicted molar refractivity (Wildman–Crippen MR) is 104 cm³/mol. The second-order valence-corrected chi connectivity index (χ2v) is 6.53. The molecular weight excluding hydrogens is 382 g/mol. The number of phenolic OH excluding ortho intramolecular Hbond substituents is 1. The number of hydrogen-bond acceptors (Lipinski definition) is 6. The quantitative estimate of drug-likeness (QED) is 0.243. The fourth-order valence-electron chi connectivity index (χ4n) is 2.91. The minimum atomic E-state index is -0.568. The molecule has 0 radical (unpaired) electrons. The van der Waals surface area contributed by atoms with Gasteiger partial charge in [0, 0.05) is 17.0 Å². The number of nitrogens with zero attached hydrogens (tertiary/aromatic N) is 3. The van der Waals surface area contributed by atoms with Crippen LogP contribution in [-0.4, -0.2) is 24.1 Å². The molecule has 0 atom stereocenters. The van der Waals surface area contributed by atoms with Crippen molar-refractivity contribution in [2.24, 2.45) is 10.2 Å². The van der Waals surface area contributed by atoms with Gasteiger partial charge in [-0.05, 0) is 23.6 Å². The first-order valence-corrected chi connectivity index (χ1v) is 8.35. The van der Waals surface area contributed by atoms with Gasteiger partial charge in [-0.2, -0.15) is 5.11 Å². The van der Waals surface area contributed by atoms with Crippen LogP contribution in [0.15, 0.2) is 58.8 Å². The molecule has 28 heavy (non-hydrogen) atoms. The third-order valence-corrected chi connectivity index (χ3v) is 4.10. The summed E-state index contributed by atoms with van der Waals surface area (Å²) in [5.41, 5.74) is 7.08. The van der Waals surface area contributed by atoms with E-state index in [9.17, 15) is 15.2 Å². The van der Waals surface area contributed by atoms with Crippen LogP contribution in [0, 0.1) is 10.1 Å². The zero-order valence-electron chi connectivity index (χ0n) is 15.4. The van der Waals surface area contributed by atoms with Crippen molar-refractivity contribution in [2.75, 3.05) is 19.8 Å². The van der Waals surface area contributed by atoms with Gasteiger partial charge >= 0.3 is 0 Å². The van der Waals surface area contributed by atoms with Gasteiger partial charge in [0.05, 0.1) is 24.7 Å². The number of anilines is 1. The van der Waals surface area contributed by atoms with E-state index in [4.69, 9.17) is 5.73 Å². The summed E-state index contributed by atoms with van der Waals surface area (Å²) in [6, 6.07) is 13.5. The van der Waals surface area contributed by atoms with Crippen molar-refractivity contribution >= 4 is 33.5 Å². The lowest BCUT2D eigenvalue weighted by Gasteiger charge is -2.12. The second-order valence-electron chi connectivity index (χ2n) is 6.53. The number of nitro benzene ring substituents is 1. The smallest absolute Gasteiger partial charge is 0.294 e. The van der Waals surface area contributed by atoms with Gasteiger partial charge in [-0.15, -0.1) is 5.11 Å². The Morgan fingerprint density at radius 2 is 1.89 bits per heavy atom. The molecule has 3 aromatic carbocycles. The lowest BCUT2D eigenvalue weighted by atomic mass is 10.0. The highest BCUT2D eigenvalue weighted by molar-refractivity contribution is 5.97. The molecule has 0 saturated heterocycles. The number of nitrogens with one attached hydrogen (secondary N) is 1. The Kier molecular flexibility index (Phi) is 6.50. The number of aromatic hydroxyl groups is 1. The van der Waals surface area contributed by atoms with E-state index in [0.29, 0.717) is 5.69 Å². The van der Waals surface area contributed by atoms with Gasteiger partial charge < -0.3 is 28.1 Å². The zero-order chi connectivity index (χ0) is 19.6. The van der Waals surface area contributed by atoms with Gasteiger partial charge in [0.25, 0.3) is 5.69 Å². The summed E-state index contributed by atoms with van der Waals surface area (Å²) < 4.78 is 0. The molecule has 4 N–H and O–H groups in total. The van der Waals surface area contributed by atoms with E-state index in [2.05, 4.69) is 10.2 Å². The molecule has 0 spiro atoms. The Balaban J connectivity index is 0.00000280. The maximum absolute atomic E-state index is 11.0. The van der Waals surface area contributed by atoms with Crippen LogP contribution in [0.1, 0.15) is 5.56 Å². The van der Waals surface area contributed by atoms with Crippen LogP contribution >= 0.6 is 0 Å². The normalized spacial score (nSPS) is 11.1. The number of benzene rings is 3. The monoisotopic (exact) mass is 401 g/mol. The lowest BCUT2D eigenvalue weighted by Crippen LogP contribution is -3.04. The summed E-state index contributed by atoms with van der Waals surface area (Å²) >= 11 is 0. The summed E-state index contributed by atoms with van der Waals surface area (Å²) in [6.07, 6.45) is 0. The Morgan fingerprint density at radius 1 is 1.14 bits per heavy atom. The first-order chi connectivity index (χ1) is 12.9. The first-order valence-electron chi connectivity index (χ1n) is 8.35. The molecule has 0 amide bonds. The van der Waals surface area contributed by atoms with Gasteiger partial charge in [0.2, 0.25) is 0 Å². The number of nitro groups is 1. The van der Waals surface area contributed by atoms with E-state index in [-0.39, 0.29) is 35.2 Å². The number of quaternary nitrogens is 1. The molecule has 0 bridgehead atoms. The molecule has 9 heteroatoms. The van der Waals surface area contributed by atoms with E-state index in [1.54, 1.807) is 12.1 Å². The fraction of sp³-hybridized carbons (Fsp3) is 0.158. The molecular formula is C19H20ClN5O3. The van der Waals surface area contributed by atoms with Crippen LogP contribution in [0.3, 0.4) is 0 Å². The maximum atomic E-state index is 11.0. The minimum Gasteiger partial charge on any atom is -1.00 e. The lowest BCUT2D eigenvalue weighted by molar-refractivity contribution is -0.872. The average molecular weight is 402 g/mol. The molecule has 0 unspecified atom stereocenters. The Hall–Kier alpha value is -3.23. The van der Waals surface area contributed by atoms with Crippen molar-refractivity contribution in [2.45, 2.75) is 6.54 Å². The van der Waals surface area contributed by atoms with Gasteiger partial charge in [-0.25, -0.2) is 0 Å². The molecule has 0 aliphatic carbocycles. The van der Waals surface area contributed by atoms with Crippen molar-refractivity contribution in [3.05, 3.63) is 64.2 Å². The van der Waals surface area contributed by atoms with Crippen LogP contribution in [0.5, 0.6) is 5.75 Å². The third-order valence-electron chi connectivity index (χ3n) is 4.10. The third kappa shape index (κ3) is 4.36. The largest absolute Gasteiger partial charge is 1.00 e. The highest BCUT2D eigenvalue weighted by Crippen LogP contribution is 2.38. The van der Waals surface area contributed by atoms with Crippen molar-refractivity contribution in [3.63, 3.8) is 0 Å². The Morgan fingerprint density at radius 3 is 2.57 bits per heavy atom. The number of fused-ring (bicyclic) bond motifs is 1. The topological polar surface area (TPSA) is 119 Å². The summed E-state index contributed by atoms with van der Waals surface area (Å²) in [5, 5.41) is 31.4. The number of halogens is 1. The summed E-state index contributed by atoms with van der Waals surface area (Å²) in [4.78, 5) is 11.7.